The Hall–Kier alpha value is -2.14. The molecule has 0 saturated carbocycles. The monoisotopic (exact) mass is 287 g/mol. The summed E-state index contributed by atoms with van der Waals surface area (Å²) in [6.07, 6.45) is 3.62. The zero-order valence-electron chi connectivity index (χ0n) is 12.7. The van der Waals surface area contributed by atoms with Crippen LogP contribution in [0.2, 0.25) is 0 Å². The van der Waals surface area contributed by atoms with Gasteiger partial charge in [0.2, 0.25) is 0 Å². The number of benzene rings is 1. The van der Waals surface area contributed by atoms with Crippen molar-refractivity contribution >= 4 is 5.91 Å². The first kappa shape index (κ1) is 15.3. The Morgan fingerprint density at radius 1 is 1.33 bits per heavy atom. The molecule has 2 aromatic rings. The van der Waals surface area contributed by atoms with Gasteiger partial charge in [0, 0.05) is 25.0 Å². The van der Waals surface area contributed by atoms with Crippen LogP contribution in [0.15, 0.2) is 36.7 Å². The summed E-state index contributed by atoms with van der Waals surface area (Å²) >= 11 is 0. The normalized spacial score (nSPS) is 10.9. The van der Waals surface area contributed by atoms with Crippen LogP contribution in [0.4, 0.5) is 0 Å². The molecule has 1 aromatic heterocycles. The molecule has 0 aliphatic carbocycles. The van der Waals surface area contributed by atoms with Crippen molar-refractivity contribution < 1.29 is 9.53 Å². The summed E-state index contributed by atoms with van der Waals surface area (Å²) in [6.45, 7) is 5.03. The molecule has 0 aliphatic rings. The van der Waals surface area contributed by atoms with Gasteiger partial charge in [-0.15, -0.1) is 0 Å². The molecule has 112 valence electrons. The maximum absolute atomic E-state index is 12.3. The highest BCUT2D eigenvalue weighted by atomic mass is 16.5. The minimum Gasteiger partial charge on any atom is -0.374 e. The summed E-state index contributed by atoms with van der Waals surface area (Å²) in [5.41, 5.74) is 1.73. The first-order valence-corrected chi connectivity index (χ1v) is 7.00. The Morgan fingerprint density at radius 3 is 2.62 bits per heavy atom. The molecule has 0 saturated heterocycles. The van der Waals surface area contributed by atoms with Crippen LogP contribution in [-0.4, -0.2) is 33.9 Å². The number of hydrogen-bond acceptors (Lipinski definition) is 3. The van der Waals surface area contributed by atoms with Crippen molar-refractivity contribution in [3.05, 3.63) is 53.6 Å². The van der Waals surface area contributed by atoms with E-state index in [1.165, 1.54) is 0 Å². The number of aromatic amines is 1. The van der Waals surface area contributed by atoms with Gasteiger partial charge >= 0.3 is 0 Å². The number of imidazole rings is 1. The molecule has 0 spiro atoms. The average molecular weight is 287 g/mol. The molecule has 1 amide bonds. The van der Waals surface area contributed by atoms with Crippen molar-refractivity contribution in [2.75, 3.05) is 7.05 Å². The largest absolute Gasteiger partial charge is 0.374 e. The number of hydrogen-bond donors (Lipinski definition) is 1. The highest BCUT2D eigenvalue weighted by Crippen LogP contribution is 2.10. The molecule has 1 N–H and O–H groups in total. The number of carbonyl (C=O) groups excluding carboxylic acids is 1. The highest BCUT2D eigenvalue weighted by Gasteiger charge is 2.12. The number of amides is 1. The Bertz CT molecular complexity index is 562. The molecule has 5 heteroatoms. The third-order valence-corrected chi connectivity index (χ3v) is 3.07. The van der Waals surface area contributed by atoms with Crippen molar-refractivity contribution in [1.29, 1.82) is 0 Å². The number of nitrogens with one attached hydrogen (secondary N) is 1. The quantitative estimate of drug-likeness (QED) is 0.888. The summed E-state index contributed by atoms with van der Waals surface area (Å²) in [7, 11) is 1.76. The molecule has 0 unspecified atom stereocenters. The van der Waals surface area contributed by atoms with Crippen molar-refractivity contribution in [1.82, 2.24) is 14.9 Å². The summed E-state index contributed by atoms with van der Waals surface area (Å²) in [5.74, 6) is 0.746. The second-order valence-electron chi connectivity index (χ2n) is 5.25. The number of aromatic nitrogens is 2. The van der Waals surface area contributed by atoms with Crippen LogP contribution in [0.25, 0.3) is 0 Å². The third-order valence-electron chi connectivity index (χ3n) is 3.07. The van der Waals surface area contributed by atoms with Crippen LogP contribution >= 0.6 is 0 Å². The van der Waals surface area contributed by atoms with Gasteiger partial charge in [-0.25, -0.2) is 4.98 Å². The lowest BCUT2D eigenvalue weighted by atomic mass is 10.1. The minimum absolute atomic E-state index is 0.0253. The molecule has 21 heavy (non-hydrogen) atoms. The molecule has 0 aliphatic heterocycles. The van der Waals surface area contributed by atoms with Crippen LogP contribution < -0.4 is 0 Å². The second-order valence-corrected chi connectivity index (χ2v) is 5.25. The van der Waals surface area contributed by atoms with Gasteiger partial charge in [0.1, 0.15) is 5.82 Å². The maximum Gasteiger partial charge on any atom is 0.253 e. The SMILES string of the molecule is CC(C)OCc1ccc(C(=O)N(C)Cc2ncc[nH]2)cc1. The lowest BCUT2D eigenvalue weighted by Gasteiger charge is -2.16. The molecular formula is C16H21N3O2. The molecule has 0 fully saturated rings. The zero-order chi connectivity index (χ0) is 15.2. The van der Waals surface area contributed by atoms with Crippen LogP contribution in [-0.2, 0) is 17.9 Å². The molecule has 0 bridgehead atoms. The Labute approximate surface area is 125 Å². The van der Waals surface area contributed by atoms with Gasteiger partial charge in [0.05, 0.1) is 19.3 Å². The standard InChI is InChI=1S/C16H21N3O2/c1-12(2)21-11-13-4-6-14(7-5-13)16(20)19(3)10-15-17-8-9-18-15/h4-9,12H,10-11H2,1-3H3,(H,17,18). The van der Waals surface area contributed by atoms with E-state index in [1.54, 1.807) is 24.3 Å². The van der Waals surface area contributed by atoms with E-state index in [0.29, 0.717) is 18.7 Å². The van der Waals surface area contributed by atoms with Crippen LogP contribution in [0.3, 0.4) is 0 Å². The van der Waals surface area contributed by atoms with E-state index in [1.807, 2.05) is 38.1 Å². The Balaban J connectivity index is 1.95. The Morgan fingerprint density at radius 2 is 2.05 bits per heavy atom. The van der Waals surface area contributed by atoms with Gasteiger partial charge in [0.15, 0.2) is 0 Å². The average Bonchev–Trinajstić information content (AvgIpc) is 2.97. The summed E-state index contributed by atoms with van der Waals surface area (Å²) in [4.78, 5) is 21.0. The smallest absolute Gasteiger partial charge is 0.253 e. The van der Waals surface area contributed by atoms with Gasteiger partial charge in [-0.3, -0.25) is 4.79 Å². The van der Waals surface area contributed by atoms with Crippen LogP contribution in [0.1, 0.15) is 35.6 Å². The van der Waals surface area contributed by atoms with Crippen molar-refractivity contribution in [3.8, 4) is 0 Å². The molecular weight excluding hydrogens is 266 g/mol. The lowest BCUT2D eigenvalue weighted by molar-refractivity contribution is 0.0656. The molecule has 0 atom stereocenters. The Kier molecular flexibility index (Phi) is 5.11. The van der Waals surface area contributed by atoms with E-state index in [4.69, 9.17) is 4.74 Å². The first-order chi connectivity index (χ1) is 10.1. The maximum atomic E-state index is 12.3. The fourth-order valence-electron chi connectivity index (χ4n) is 1.91. The zero-order valence-corrected chi connectivity index (χ0v) is 12.7. The molecule has 0 radical (unpaired) electrons. The van der Waals surface area contributed by atoms with Crippen molar-refractivity contribution in [2.45, 2.75) is 33.1 Å². The van der Waals surface area contributed by atoms with Crippen LogP contribution in [0.5, 0.6) is 0 Å². The van der Waals surface area contributed by atoms with Crippen LogP contribution in [0, 0.1) is 0 Å². The van der Waals surface area contributed by atoms with Crippen molar-refractivity contribution in [2.24, 2.45) is 0 Å². The van der Waals surface area contributed by atoms with E-state index >= 15 is 0 Å². The van der Waals surface area contributed by atoms with Gasteiger partial charge in [-0.05, 0) is 31.5 Å². The number of nitrogens with zero attached hydrogens (tertiary/aromatic N) is 2. The van der Waals surface area contributed by atoms with E-state index in [0.717, 1.165) is 11.4 Å². The third kappa shape index (κ3) is 4.43. The molecule has 1 aromatic carbocycles. The molecule has 5 nitrogen and oxygen atoms in total. The number of ether oxygens (including phenoxy) is 1. The second kappa shape index (κ2) is 7.04. The lowest BCUT2D eigenvalue weighted by Crippen LogP contribution is -2.26. The number of H-pyrrole nitrogens is 1. The minimum atomic E-state index is -0.0253. The first-order valence-electron chi connectivity index (χ1n) is 7.00. The number of carbonyl (C=O) groups is 1. The molecule has 2 rings (SSSR count). The summed E-state index contributed by atoms with van der Waals surface area (Å²) < 4.78 is 5.54. The van der Waals surface area contributed by atoms with E-state index in [2.05, 4.69) is 9.97 Å². The van der Waals surface area contributed by atoms with Crippen molar-refractivity contribution in [3.63, 3.8) is 0 Å². The topological polar surface area (TPSA) is 58.2 Å². The van der Waals surface area contributed by atoms with E-state index in [9.17, 15) is 4.79 Å². The van der Waals surface area contributed by atoms with Gasteiger partial charge in [-0.1, -0.05) is 12.1 Å². The highest BCUT2D eigenvalue weighted by molar-refractivity contribution is 5.94. The fourth-order valence-corrected chi connectivity index (χ4v) is 1.91. The van der Waals surface area contributed by atoms with E-state index in [-0.39, 0.29) is 12.0 Å². The predicted molar refractivity (Wildman–Crippen MR) is 80.8 cm³/mol. The fraction of sp³-hybridized carbons (Fsp3) is 0.375. The van der Waals surface area contributed by atoms with Gasteiger partial charge < -0.3 is 14.6 Å². The summed E-state index contributed by atoms with van der Waals surface area (Å²) in [5, 5.41) is 0. The number of rotatable bonds is 6. The van der Waals surface area contributed by atoms with Gasteiger partial charge in [-0.2, -0.15) is 0 Å². The predicted octanol–water partition coefficient (Wildman–Crippen LogP) is 2.61. The van der Waals surface area contributed by atoms with Gasteiger partial charge in [0.25, 0.3) is 5.91 Å². The van der Waals surface area contributed by atoms with E-state index < -0.39 is 0 Å². The molecule has 1 heterocycles. The summed E-state index contributed by atoms with van der Waals surface area (Å²) in [6, 6.07) is 7.52.